The molecule has 0 atom stereocenters. The van der Waals surface area contributed by atoms with Gasteiger partial charge in [-0.1, -0.05) is 72.3 Å². The molecule has 45 heavy (non-hydrogen) atoms. The highest BCUT2D eigenvalue weighted by atomic mass is 35.5. The zero-order chi connectivity index (χ0) is 31.8. The first-order valence-corrected chi connectivity index (χ1v) is 15.6. The van der Waals surface area contributed by atoms with Gasteiger partial charge in [0, 0.05) is 41.6 Å². The molecular weight excluding hydrogens is 576 g/mol. The molecule has 0 bridgehead atoms. The van der Waals surface area contributed by atoms with E-state index in [1.54, 1.807) is 18.5 Å². The summed E-state index contributed by atoms with van der Waals surface area (Å²) in [5, 5.41) is 16.4. The predicted octanol–water partition coefficient (Wildman–Crippen LogP) is 8.36. The van der Waals surface area contributed by atoms with Crippen LogP contribution < -0.4 is 15.4 Å². The van der Waals surface area contributed by atoms with Crippen LogP contribution in [0, 0.1) is 25.2 Å². The molecule has 0 amide bonds. The molecule has 2 N–H and O–H groups in total. The number of aromatic nitrogens is 1. The molecule has 1 aromatic heterocycles. The molecule has 228 valence electrons. The van der Waals surface area contributed by atoms with Crippen LogP contribution in [0.2, 0.25) is 5.02 Å². The maximum absolute atomic E-state index is 9.22. The Labute approximate surface area is 271 Å². The lowest BCUT2D eigenvalue weighted by Crippen LogP contribution is -2.09. The van der Waals surface area contributed by atoms with Crippen molar-refractivity contribution in [2.75, 3.05) is 14.1 Å². The molecule has 0 spiro atoms. The quantitative estimate of drug-likeness (QED) is 0.148. The van der Waals surface area contributed by atoms with Crippen LogP contribution in [-0.2, 0) is 32.5 Å². The van der Waals surface area contributed by atoms with E-state index in [-0.39, 0.29) is 0 Å². The van der Waals surface area contributed by atoms with E-state index >= 15 is 0 Å². The van der Waals surface area contributed by atoms with E-state index in [4.69, 9.17) is 16.3 Å². The van der Waals surface area contributed by atoms with Gasteiger partial charge in [0.05, 0.1) is 5.56 Å². The molecular formula is C39H39ClN4O. The number of benzene rings is 4. The minimum absolute atomic E-state index is 0.319. The molecule has 0 aliphatic heterocycles. The summed E-state index contributed by atoms with van der Waals surface area (Å²) in [5.74, 6) is 0.781. The number of pyridine rings is 1. The Hall–Kier alpha value is -4.47. The van der Waals surface area contributed by atoms with Crippen molar-refractivity contribution in [3.8, 4) is 34.1 Å². The van der Waals surface area contributed by atoms with Crippen LogP contribution in [0.3, 0.4) is 0 Å². The largest absolute Gasteiger partial charge is 0.489 e. The van der Waals surface area contributed by atoms with Crippen molar-refractivity contribution in [2.45, 2.75) is 46.4 Å². The fourth-order valence-corrected chi connectivity index (χ4v) is 6.12. The SMILES string of the molecule is CNCc1ccc(-c2cccc(-c3cccc(CCc4cc(OCc5cncc(C#N)c5)c(CNC)cc4Cl)c3C)c2C)cc1. The van der Waals surface area contributed by atoms with Crippen LogP contribution in [-0.4, -0.2) is 19.1 Å². The third-order valence-corrected chi connectivity index (χ3v) is 8.65. The first-order chi connectivity index (χ1) is 21.9. The average Bonchev–Trinajstić information content (AvgIpc) is 3.05. The fourth-order valence-electron chi connectivity index (χ4n) is 5.84. The summed E-state index contributed by atoms with van der Waals surface area (Å²) >= 11 is 6.82. The number of nitriles is 1. The van der Waals surface area contributed by atoms with Crippen LogP contribution in [0.25, 0.3) is 22.3 Å². The second-order valence-corrected chi connectivity index (χ2v) is 11.8. The maximum Gasteiger partial charge on any atom is 0.124 e. The van der Waals surface area contributed by atoms with Gasteiger partial charge in [0.15, 0.2) is 0 Å². The minimum Gasteiger partial charge on any atom is -0.489 e. The topological polar surface area (TPSA) is 70.0 Å². The maximum atomic E-state index is 9.22. The first-order valence-electron chi connectivity index (χ1n) is 15.3. The molecule has 0 saturated heterocycles. The van der Waals surface area contributed by atoms with E-state index in [1.165, 1.54) is 44.5 Å². The number of hydrogen-bond donors (Lipinski definition) is 2. The summed E-state index contributed by atoms with van der Waals surface area (Å²) in [6.45, 7) is 6.25. The van der Waals surface area contributed by atoms with E-state index < -0.39 is 0 Å². The standard InChI is InChI=1S/C39H39ClN4O/c1-26-31(7-5-9-36(26)37-10-6-8-35(27(37)2)32-13-11-28(12-14-32)21-42-3)15-16-33-19-39(34(24-43-4)18-38(33)40)45-25-30-17-29(20-41)22-44-23-30/h5-14,17-19,22-23,42-43H,15-16,21,24-25H2,1-4H3. The Morgan fingerprint density at radius 1 is 0.733 bits per heavy atom. The molecule has 5 nitrogen and oxygen atoms in total. The van der Waals surface area contributed by atoms with Crippen LogP contribution in [0.4, 0.5) is 0 Å². The van der Waals surface area contributed by atoms with Crippen molar-refractivity contribution >= 4 is 11.6 Å². The van der Waals surface area contributed by atoms with Crippen molar-refractivity contribution in [3.05, 3.63) is 141 Å². The van der Waals surface area contributed by atoms with E-state index in [0.29, 0.717) is 18.7 Å². The van der Waals surface area contributed by atoms with E-state index in [0.717, 1.165) is 46.8 Å². The summed E-state index contributed by atoms with van der Waals surface area (Å²) in [5.41, 5.74) is 13.5. The number of ether oxygens (including phenoxy) is 1. The zero-order valence-electron chi connectivity index (χ0n) is 26.4. The van der Waals surface area contributed by atoms with E-state index in [9.17, 15) is 5.26 Å². The number of nitrogens with one attached hydrogen (secondary N) is 2. The number of nitrogens with zero attached hydrogens (tertiary/aromatic N) is 2. The minimum atomic E-state index is 0.319. The lowest BCUT2D eigenvalue weighted by Gasteiger charge is -2.17. The Morgan fingerprint density at radius 3 is 2.16 bits per heavy atom. The normalized spacial score (nSPS) is 10.9. The van der Waals surface area contributed by atoms with Gasteiger partial charge in [0.25, 0.3) is 0 Å². The molecule has 4 aromatic carbocycles. The highest BCUT2D eigenvalue weighted by Crippen LogP contribution is 2.35. The van der Waals surface area contributed by atoms with Gasteiger partial charge in [-0.25, -0.2) is 0 Å². The van der Waals surface area contributed by atoms with Gasteiger partial charge in [-0.3, -0.25) is 4.98 Å². The van der Waals surface area contributed by atoms with Crippen molar-refractivity contribution in [2.24, 2.45) is 0 Å². The summed E-state index contributed by atoms with van der Waals surface area (Å²) in [6, 6.07) is 30.0. The smallest absolute Gasteiger partial charge is 0.124 e. The Morgan fingerprint density at radius 2 is 1.42 bits per heavy atom. The molecule has 0 saturated carbocycles. The van der Waals surface area contributed by atoms with Crippen molar-refractivity contribution in [1.82, 2.24) is 15.6 Å². The molecule has 0 fully saturated rings. The van der Waals surface area contributed by atoms with Gasteiger partial charge in [0.2, 0.25) is 0 Å². The van der Waals surface area contributed by atoms with Gasteiger partial charge in [-0.2, -0.15) is 5.26 Å². The van der Waals surface area contributed by atoms with Gasteiger partial charge in [0.1, 0.15) is 18.4 Å². The lowest BCUT2D eigenvalue weighted by molar-refractivity contribution is 0.301. The first kappa shape index (κ1) is 31.9. The molecule has 0 radical (unpaired) electrons. The highest BCUT2D eigenvalue weighted by molar-refractivity contribution is 6.31. The summed E-state index contributed by atoms with van der Waals surface area (Å²) in [4.78, 5) is 4.16. The van der Waals surface area contributed by atoms with Crippen molar-refractivity contribution < 1.29 is 4.74 Å². The number of aryl methyl sites for hydroxylation is 2. The Kier molecular flexibility index (Phi) is 10.7. The third-order valence-electron chi connectivity index (χ3n) is 8.29. The monoisotopic (exact) mass is 614 g/mol. The summed E-state index contributed by atoms with van der Waals surface area (Å²) in [7, 11) is 3.87. The fraction of sp³-hybridized carbons (Fsp3) is 0.231. The highest BCUT2D eigenvalue weighted by Gasteiger charge is 2.15. The number of halogens is 1. The molecule has 0 aliphatic carbocycles. The number of hydrogen-bond acceptors (Lipinski definition) is 5. The number of rotatable bonds is 12. The zero-order valence-corrected chi connectivity index (χ0v) is 27.1. The van der Waals surface area contributed by atoms with E-state index in [1.807, 2.05) is 20.2 Å². The van der Waals surface area contributed by atoms with Gasteiger partial charge in [-0.05, 0) is 109 Å². The van der Waals surface area contributed by atoms with Crippen LogP contribution in [0.15, 0.2) is 91.3 Å². The van der Waals surface area contributed by atoms with Gasteiger partial charge in [-0.15, -0.1) is 0 Å². The molecule has 5 rings (SSSR count). The summed E-state index contributed by atoms with van der Waals surface area (Å²) < 4.78 is 6.25. The Bertz CT molecular complexity index is 1830. The lowest BCUT2D eigenvalue weighted by atomic mass is 9.88. The predicted molar refractivity (Wildman–Crippen MR) is 184 cm³/mol. The van der Waals surface area contributed by atoms with Gasteiger partial charge < -0.3 is 15.4 Å². The van der Waals surface area contributed by atoms with Crippen LogP contribution in [0.1, 0.15) is 44.5 Å². The molecule has 6 heteroatoms. The van der Waals surface area contributed by atoms with Crippen LogP contribution >= 0.6 is 11.6 Å². The second-order valence-electron chi connectivity index (χ2n) is 11.4. The van der Waals surface area contributed by atoms with E-state index in [2.05, 4.69) is 102 Å². The molecule has 0 unspecified atom stereocenters. The average molecular weight is 615 g/mol. The Balaban J connectivity index is 1.37. The molecule has 5 aromatic rings. The van der Waals surface area contributed by atoms with Crippen molar-refractivity contribution in [1.29, 1.82) is 5.26 Å². The molecule has 1 heterocycles. The van der Waals surface area contributed by atoms with Crippen molar-refractivity contribution in [3.63, 3.8) is 0 Å². The molecule has 0 aliphatic rings. The third kappa shape index (κ3) is 7.61. The summed E-state index contributed by atoms with van der Waals surface area (Å²) in [6.07, 6.45) is 4.91. The second kappa shape index (κ2) is 15.0. The van der Waals surface area contributed by atoms with Gasteiger partial charge >= 0.3 is 0 Å². The van der Waals surface area contributed by atoms with Crippen LogP contribution in [0.5, 0.6) is 5.75 Å².